The molecule has 2 unspecified atom stereocenters. The second-order valence-corrected chi connectivity index (χ2v) is 4.82. The fraction of sp³-hybridized carbons (Fsp3) is 0.818. The molecule has 3 fully saturated rings. The molecule has 0 saturated carbocycles. The highest BCUT2D eigenvalue weighted by Gasteiger charge is 2.66. The molecule has 1 spiro atoms. The first kappa shape index (κ1) is 10.1. The van der Waals surface area contributed by atoms with Gasteiger partial charge in [0.2, 0.25) is 0 Å². The molecule has 5 nitrogen and oxygen atoms in total. The summed E-state index contributed by atoms with van der Waals surface area (Å²) in [6.07, 6.45) is 1.43. The van der Waals surface area contributed by atoms with Gasteiger partial charge < -0.3 is 9.47 Å². The summed E-state index contributed by atoms with van der Waals surface area (Å²) in [5.41, 5.74) is -0.650. The Bertz CT molecular complexity index is 344. The molecule has 0 aromatic carbocycles. The Kier molecular flexibility index (Phi) is 2.01. The number of cyclic esters (lactones) is 2. The van der Waals surface area contributed by atoms with Crippen molar-refractivity contribution in [3.05, 3.63) is 0 Å². The molecular formula is C11H15NO4. The fourth-order valence-electron chi connectivity index (χ4n) is 3.22. The minimum Gasteiger partial charge on any atom is -0.432 e. The molecule has 16 heavy (non-hydrogen) atoms. The number of carbonyl (C=O) groups excluding carboxylic acids is 2. The van der Waals surface area contributed by atoms with Crippen LogP contribution in [0, 0.1) is 5.92 Å². The second kappa shape index (κ2) is 3.20. The molecule has 3 aliphatic rings. The van der Waals surface area contributed by atoms with Crippen molar-refractivity contribution in [2.75, 3.05) is 19.8 Å². The summed E-state index contributed by atoms with van der Waals surface area (Å²) in [6, 6.07) is 0.0467. The van der Waals surface area contributed by atoms with E-state index in [2.05, 4.69) is 11.8 Å². The molecule has 3 saturated heterocycles. The molecule has 2 atom stereocenters. The summed E-state index contributed by atoms with van der Waals surface area (Å²) >= 11 is 0. The van der Waals surface area contributed by atoms with E-state index in [9.17, 15) is 9.59 Å². The Morgan fingerprint density at radius 2 is 2.06 bits per heavy atom. The van der Waals surface area contributed by atoms with Crippen LogP contribution in [-0.4, -0.2) is 48.2 Å². The van der Waals surface area contributed by atoms with Crippen molar-refractivity contribution in [3.63, 3.8) is 0 Å². The van der Waals surface area contributed by atoms with E-state index in [-0.39, 0.29) is 25.0 Å². The molecule has 0 bridgehead atoms. The van der Waals surface area contributed by atoms with Gasteiger partial charge in [-0.05, 0) is 12.3 Å². The van der Waals surface area contributed by atoms with Crippen molar-refractivity contribution < 1.29 is 19.1 Å². The lowest BCUT2D eigenvalue weighted by Gasteiger charge is -2.54. The van der Waals surface area contributed by atoms with Crippen LogP contribution in [0.1, 0.15) is 19.8 Å². The normalized spacial score (nSPS) is 36.6. The molecule has 88 valence electrons. The Morgan fingerprint density at radius 1 is 1.38 bits per heavy atom. The maximum Gasteiger partial charge on any atom is 0.508 e. The molecule has 5 heteroatoms. The number of rotatable bonds is 1. The molecule has 0 radical (unpaired) electrons. The van der Waals surface area contributed by atoms with E-state index in [1.165, 1.54) is 0 Å². The number of hydrogen-bond donors (Lipinski definition) is 0. The van der Waals surface area contributed by atoms with Crippen LogP contribution < -0.4 is 0 Å². The van der Waals surface area contributed by atoms with Crippen LogP contribution >= 0.6 is 0 Å². The summed E-state index contributed by atoms with van der Waals surface area (Å²) in [7, 11) is 0. The average Bonchev–Trinajstić information content (AvgIpc) is 2.70. The summed E-state index contributed by atoms with van der Waals surface area (Å²) in [5, 5.41) is 0. The molecular weight excluding hydrogens is 210 g/mol. The van der Waals surface area contributed by atoms with E-state index in [0.29, 0.717) is 5.92 Å². The van der Waals surface area contributed by atoms with Crippen LogP contribution in [0.5, 0.6) is 0 Å². The van der Waals surface area contributed by atoms with Crippen molar-refractivity contribution in [1.29, 1.82) is 0 Å². The second-order valence-electron chi connectivity index (χ2n) is 4.82. The summed E-state index contributed by atoms with van der Waals surface area (Å²) in [5.74, 6) is 0.667. The van der Waals surface area contributed by atoms with E-state index in [4.69, 9.17) is 9.47 Å². The number of fused-ring (bicyclic) bond motifs is 2. The number of nitrogens with zero attached hydrogens (tertiary/aromatic N) is 1. The van der Waals surface area contributed by atoms with Crippen molar-refractivity contribution >= 4 is 11.9 Å². The third-order valence-corrected chi connectivity index (χ3v) is 4.18. The Labute approximate surface area is 93.7 Å². The predicted molar refractivity (Wildman–Crippen MR) is 53.9 cm³/mol. The van der Waals surface area contributed by atoms with E-state index < -0.39 is 11.7 Å². The van der Waals surface area contributed by atoms with E-state index in [1.807, 2.05) is 0 Å². The maximum absolute atomic E-state index is 12.2. The zero-order valence-electron chi connectivity index (χ0n) is 9.27. The van der Waals surface area contributed by atoms with Gasteiger partial charge in [0.1, 0.15) is 13.2 Å². The molecule has 0 aromatic heterocycles. The Hall–Kier alpha value is -1.10. The SMILES string of the molecule is CCC1CCN2C1C(=O)C21COC(=O)OC1. The fourth-order valence-corrected chi connectivity index (χ4v) is 3.22. The maximum atomic E-state index is 12.2. The van der Waals surface area contributed by atoms with Gasteiger partial charge in [-0.25, -0.2) is 4.79 Å². The van der Waals surface area contributed by atoms with Gasteiger partial charge in [0.05, 0.1) is 6.04 Å². The molecule has 3 rings (SSSR count). The van der Waals surface area contributed by atoms with Crippen LogP contribution in [0.2, 0.25) is 0 Å². The Morgan fingerprint density at radius 3 is 2.69 bits per heavy atom. The molecule has 0 aliphatic carbocycles. The van der Waals surface area contributed by atoms with Gasteiger partial charge in [0, 0.05) is 6.54 Å². The highest BCUT2D eigenvalue weighted by atomic mass is 16.7. The first-order valence-electron chi connectivity index (χ1n) is 5.79. The van der Waals surface area contributed by atoms with Gasteiger partial charge in [-0.15, -0.1) is 0 Å². The number of hydrogen-bond acceptors (Lipinski definition) is 5. The zero-order chi connectivity index (χ0) is 11.3. The quantitative estimate of drug-likeness (QED) is 0.611. The van der Waals surface area contributed by atoms with Gasteiger partial charge >= 0.3 is 6.16 Å². The average molecular weight is 225 g/mol. The number of carbonyl (C=O) groups is 2. The van der Waals surface area contributed by atoms with Gasteiger partial charge in [0.15, 0.2) is 11.3 Å². The largest absolute Gasteiger partial charge is 0.508 e. The van der Waals surface area contributed by atoms with Crippen LogP contribution in [-0.2, 0) is 14.3 Å². The van der Waals surface area contributed by atoms with Crippen LogP contribution in [0.15, 0.2) is 0 Å². The lowest BCUT2D eigenvalue weighted by Crippen LogP contribution is -2.78. The monoisotopic (exact) mass is 225 g/mol. The van der Waals surface area contributed by atoms with Crippen molar-refractivity contribution in [1.82, 2.24) is 4.90 Å². The summed E-state index contributed by atoms with van der Waals surface area (Å²) in [4.78, 5) is 25.2. The Balaban J connectivity index is 1.80. The lowest BCUT2D eigenvalue weighted by molar-refractivity contribution is -0.179. The van der Waals surface area contributed by atoms with Crippen LogP contribution in [0.4, 0.5) is 4.79 Å². The number of ketones is 1. The van der Waals surface area contributed by atoms with Crippen LogP contribution in [0.25, 0.3) is 0 Å². The number of ether oxygens (including phenoxy) is 2. The molecule has 3 aliphatic heterocycles. The van der Waals surface area contributed by atoms with E-state index >= 15 is 0 Å². The highest BCUT2D eigenvalue weighted by Crippen LogP contribution is 2.45. The number of Topliss-reactive ketones (excluding diaryl/α,β-unsaturated/α-hetero) is 1. The first-order valence-corrected chi connectivity index (χ1v) is 5.79. The van der Waals surface area contributed by atoms with Crippen molar-refractivity contribution in [2.45, 2.75) is 31.3 Å². The predicted octanol–water partition coefficient (Wildman–Crippen LogP) is 0.575. The highest BCUT2D eigenvalue weighted by molar-refractivity contribution is 6.00. The third kappa shape index (κ3) is 1.04. The van der Waals surface area contributed by atoms with Gasteiger partial charge in [-0.2, -0.15) is 0 Å². The van der Waals surface area contributed by atoms with Crippen molar-refractivity contribution in [3.8, 4) is 0 Å². The van der Waals surface area contributed by atoms with E-state index in [1.54, 1.807) is 0 Å². The van der Waals surface area contributed by atoms with Gasteiger partial charge in [-0.1, -0.05) is 13.3 Å². The van der Waals surface area contributed by atoms with Gasteiger partial charge in [0.25, 0.3) is 0 Å². The third-order valence-electron chi connectivity index (χ3n) is 4.18. The standard InChI is InChI=1S/C11H15NO4/c1-2-7-3-4-12-8(7)9(13)11(12)5-15-10(14)16-6-11/h7-8H,2-6H2,1H3. The molecule has 3 heterocycles. The lowest BCUT2D eigenvalue weighted by atomic mass is 9.74. The molecule has 0 amide bonds. The minimum absolute atomic E-state index is 0.0467. The minimum atomic E-state index is -0.659. The topological polar surface area (TPSA) is 55.8 Å². The summed E-state index contributed by atoms with van der Waals surface area (Å²) < 4.78 is 9.72. The van der Waals surface area contributed by atoms with Gasteiger partial charge in [-0.3, -0.25) is 9.69 Å². The van der Waals surface area contributed by atoms with Crippen molar-refractivity contribution in [2.24, 2.45) is 5.92 Å². The first-order chi connectivity index (χ1) is 7.69. The zero-order valence-corrected chi connectivity index (χ0v) is 9.27. The smallest absolute Gasteiger partial charge is 0.432 e. The summed E-state index contributed by atoms with van der Waals surface area (Å²) in [6.45, 7) is 3.36. The molecule has 0 N–H and O–H groups in total. The molecule has 0 aromatic rings. The van der Waals surface area contributed by atoms with Crippen LogP contribution in [0.3, 0.4) is 0 Å². The van der Waals surface area contributed by atoms with E-state index in [0.717, 1.165) is 19.4 Å².